The molecule has 5 nitrogen and oxygen atoms in total. The summed E-state index contributed by atoms with van der Waals surface area (Å²) >= 11 is 0. The molecule has 51 heavy (non-hydrogen) atoms. The molecule has 0 bridgehead atoms. The first-order valence-corrected chi connectivity index (χ1v) is 17.0. The molecule has 1 aliphatic rings. The van der Waals surface area contributed by atoms with Crippen LogP contribution in [0.25, 0.3) is 72.4 Å². The Morgan fingerprint density at radius 3 is 2.02 bits per heavy atom. The summed E-state index contributed by atoms with van der Waals surface area (Å²) in [6.45, 7) is 2.22. The molecule has 6 aromatic carbocycles. The molecule has 9 rings (SSSR count). The Bertz CT molecular complexity index is 2900. The number of para-hydroxylation sites is 2. The average molecular weight is 652 g/mol. The number of aromatic nitrogens is 2. The van der Waals surface area contributed by atoms with Gasteiger partial charge in [0.1, 0.15) is 0 Å². The Morgan fingerprint density at radius 2 is 1.22 bits per heavy atom. The van der Waals surface area contributed by atoms with E-state index in [1.165, 1.54) is 5.56 Å². The van der Waals surface area contributed by atoms with Crippen LogP contribution in [0.4, 0.5) is 0 Å². The van der Waals surface area contributed by atoms with Gasteiger partial charge in [0.2, 0.25) is 0 Å². The molecule has 2 heterocycles. The van der Waals surface area contributed by atoms with Gasteiger partial charge in [0.05, 0.1) is 57.1 Å². The molecular weight excluding hydrogens is 623 g/mol. The van der Waals surface area contributed by atoms with E-state index < -0.39 is 0 Å². The van der Waals surface area contributed by atoms with Crippen molar-refractivity contribution >= 4 is 38.8 Å². The summed E-state index contributed by atoms with van der Waals surface area (Å²) in [7, 11) is 0. The maximum atomic E-state index is 10.1. The monoisotopic (exact) mass is 651 g/mol. The van der Waals surface area contributed by atoms with Crippen LogP contribution in [0.3, 0.4) is 0 Å². The molecule has 2 aromatic heterocycles. The molecule has 1 unspecified atom stereocenters. The second kappa shape index (κ2) is 11.8. The lowest BCUT2D eigenvalue weighted by Gasteiger charge is -2.20. The summed E-state index contributed by atoms with van der Waals surface area (Å²) in [5.41, 5.74) is 13.4. The van der Waals surface area contributed by atoms with Gasteiger partial charge in [0.15, 0.2) is 0 Å². The van der Waals surface area contributed by atoms with Gasteiger partial charge >= 0.3 is 0 Å². The Labute approximate surface area is 295 Å². The van der Waals surface area contributed by atoms with Crippen molar-refractivity contribution in [2.45, 2.75) is 13.3 Å². The Balaban J connectivity index is 1.27. The van der Waals surface area contributed by atoms with E-state index >= 15 is 0 Å². The predicted octanol–water partition coefficient (Wildman–Crippen LogP) is 10.9. The molecule has 8 aromatic rings. The predicted molar refractivity (Wildman–Crippen MR) is 205 cm³/mol. The van der Waals surface area contributed by atoms with Crippen molar-refractivity contribution < 1.29 is 0 Å². The van der Waals surface area contributed by atoms with Crippen molar-refractivity contribution in [3.63, 3.8) is 0 Å². The minimum atomic E-state index is 0.395. The van der Waals surface area contributed by atoms with Gasteiger partial charge in [0, 0.05) is 33.1 Å². The fourth-order valence-electron chi connectivity index (χ4n) is 7.86. The minimum Gasteiger partial charge on any atom is -0.309 e. The van der Waals surface area contributed by atoms with Crippen molar-refractivity contribution in [2.75, 3.05) is 0 Å². The highest BCUT2D eigenvalue weighted by atomic mass is 15.0. The lowest BCUT2D eigenvalue weighted by molar-refractivity contribution is 0.718. The van der Waals surface area contributed by atoms with Gasteiger partial charge in [-0.2, -0.15) is 15.8 Å². The summed E-state index contributed by atoms with van der Waals surface area (Å²) in [5.74, 6) is 0.395. The van der Waals surface area contributed by atoms with Gasteiger partial charge in [-0.1, -0.05) is 67.6 Å². The van der Waals surface area contributed by atoms with E-state index in [9.17, 15) is 15.8 Å². The lowest BCUT2D eigenvalue weighted by atomic mass is 9.91. The highest BCUT2D eigenvalue weighted by Gasteiger charge is 2.24. The number of allylic oxidation sites excluding steroid dienone is 1. The molecule has 0 saturated carbocycles. The van der Waals surface area contributed by atoms with Crippen LogP contribution < -0.4 is 0 Å². The van der Waals surface area contributed by atoms with Gasteiger partial charge in [-0.15, -0.1) is 0 Å². The van der Waals surface area contributed by atoms with Crippen molar-refractivity contribution in [1.82, 2.24) is 9.13 Å². The van der Waals surface area contributed by atoms with Crippen molar-refractivity contribution in [1.29, 1.82) is 15.8 Å². The molecule has 0 saturated heterocycles. The summed E-state index contributed by atoms with van der Waals surface area (Å²) in [4.78, 5) is 0. The second-order valence-corrected chi connectivity index (χ2v) is 13.2. The fourth-order valence-corrected chi connectivity index (χ4v) is 7.86. The van der Waals surface area contributed by atoms with Crippen LogP contribution in [-0.2, 0) is 6.42 Å². The zero-order chi connectivity index (χ0) is 34.6. The zero-order valence-electron chi connectivity index (χ0n) is 27.8. The van der Waals surface area contributed by atoms with Crippen LogP contribution in [-0.4, -0.2) is 9.13 Å². The van der Waals surface area contributed by atoms with E-state index in [-0.39, 0.29) is 0 Å². The molecule has 238 valence electrons. The van der Waals surface area contributed by atoms with Crippen LogP contribution in [0.1, 0.15) is 34.9 Å². The van der Waals surface area contributed by atoms with Gasteiger partial charge in [-0.3, -0.25) is 0 Å². The molecule has 0 fully saturated rings. The molecular formula is C46H29N5. The third-order valence-corrected chi connectivity index (χ3v) is 10.2. The standard InChI is InChI=1S/C46H29N5/c1-29-13-18-45-39(21-29)41-24-32(28-49)16-20-46(41)51(45)43-12-5-2-9-36(43)38-22-30(26-47)14-17-35(38)33-7-6-8-34(25-33)50-42-11-4-3-10-37(42)40-23-31(27-48)15-19-44(40)50/h2-20,22-25,29H,21H2,1H3. The first-order valence-electron chi connectivity index (χ1n) is 17.0. The van der Waals surface area contributed by atoms with E-state index in [4.69, 9.17) is 0 Å². The maximum Gasteiger partial charge on any atom is 0.0991 e. The molecule has 0 radical (unpaired) electrons. The number of rotatable bonds is 4. The van der Waals surface area contributed by atoms with E-state index in [0.29, 0.717) is 22.6 Å². The Morgan fingerprint density at radius 1 is 0.549 bits per heavy atom. The first kappa shape index (κ1) is 30.0. The third kappa shape index (κ3) is 4.74. The van der Waals surface area contributed by atoms with E-state index in [1.807, 2.05) is 54.6 Å². The van der Waals surface area contributed by atoms with Gasteiger partial charge < -0.3 is 9.13 Å². The van der Waals surface area contributed by atoms with Crippen LogP contribution in [0, 0.1) is 39.9 Å². The van der Waals surface area contributed by atoms with Gasteiger partial charge in [0.25, 0.3) is 0 Å². The average Bonchev–Trinajstić information content (AvgIpc) is 3.69. The number of hydrogen-bond acceptors (Lipinski definition) is 3. The molecule has 0 N–H and O–H groups in total. The van der Waals surface area contributed by atoms with Crippen molar-refractivity contribution in [3.05, 3.63) is 161 Å². The molecule has 1 aliphatic carbocycles. The van der Waals surface area contributed by atoms with Crippen LogP contribution in [0.5, 0.6) is 0 Å². The SMILES string of the molecule is CC1C=Cc2c(c3cc(C#N)ccc3n2-c2ccccc2-c2cc(C#N)ccc2-c2cccc(-n3c4ccccc4c4cc(C#N)ccc43)c2)C1. The normalized spacial score (nSPS) is 13.6. The topological polar surface area (TPSA) is 81.2 Å². The fraction of sp³-hybridized carbons (Fsp3) is 0.0652. The van der Waals surface area contributed by atoms with E-state index in [0.717, 1.165) is 78.5 Å². The minimum absolute atomic E-state index is 0.395. The van der Waals surface area contributed by atoms with Gasteiger partial charge in [-0.25, -0.2) is 0 Å². The van der Waals surface area contributed by atoms with Crippen molar-refractivity contribution in [2.24, 2.45) is 5.92 Å². The van der Waals surface area contributed by atoms with Gasteiger partial charge in [-0.05, 0) is 113 Å². The quantitative estimate of drug-likeness (QED) is 0.190. The van der Waals surface area contributed by atoms with Crippen LogP contribution >= 0.6 is 0 Å². The number of nitrogens with zero attached hydrogens (tertiary/aromatic N) is 5. The lowest BCUT2D eigenvalue weighted by Crippen LogP contribution is -2.06. The number of hydrogen-bond donors (Lipinski definition) is 0. The van der Waals surface area contributed by atoms with Crippen LogP contribution in [0.2, 0.25) is 0 Å². The highest BCUT2D eigenvalue weighted by molar-refractivity contribution is 6.09. The smallest absolute Gasteiger partial charge is 0.0991 e. The molecule has 0 amide bonds. The van der Waals surface area contributed by atoms with E-state index in [1.54, 1.807) is 0 Å². The zero-order valence-corrected chi connectivity index (χ0v) is 27.8. The molecule has 5 heteroatoms. The summed E-state index contributed by atoms with van der Waals surface area (Å²) in [6, 6.07) is 50.0. The molecule has 1 atom stereocenters. The Kier molecular flexibility index (Phi) is 6.92. The number of fused-ring (bicyclic) bond motifs is 6. The highest BCUT2D eigenvalue weighted by Crippen LogP contribution is 2.42. The second-order valence-electron chi connectivity index (χ2n) is 13.2. The molecule has 0 spiro atoms. The first-order chi connectivity index (χ1) is 25.1. The summed E-state index contributed by atoms with van der Waals surface area (Å²) in [5, 5.41) is 32.7. The summed E-state index contributed by atoms with van der Waals surface area (Å²) in [6.07, 6.45) is 5.37. The maximum absolute atomic E-state index is 10.1. The van der Waals surface area contributed by atoms with Crippen molar-refractivity contribution in [3.8, 4) is 51.8 Å². The van der Waals surface area contributed by atoms with Crippen LogP contribution in [0.15, 0.2) is 133 Å². The largest absolute Gasteiger partial charge is 0.309 e. The number of benzene rings is 6. The summed E-state index contributed by atoms with van der Waals surface area (Å²) < 4.78 is 4.57. The number of nitriles is 3. The Hall–Kier alpha value is -7.13. The third-order valence-electron chi connectivity index (χ3n) is 10.2. The van der Waals surface area contributed by atoms with E-state index in [2.05, 4.69) is 119 Å². The molecule has 0 aliphatic heterocycles.